The van der Waals surface area contributed by atoms with Crippen LogP contribution in [0.4, 0.5) is 0 Å². The van der Waals surface area contributed by atoms with Gasteiger partial charge in [-0.1, -0.05) is 18.2 Å². The van der Waals surface area contributed by atoms with Crippen molar-refractivity contribution in [2.45, 2.75) is 30.2 Å². The molecule has 0 radical (unpaired) electrons. The van der Waals surface area contributed by atoms with Crippen molar-refractivity contribution in [1.82, 2.24) is 9.78 Å². The van der Waals surface area contributed by atoms with Crippen LogP contribution in [0.15, 0.2) is 40.1 Å². The number of rotatable bonds is 5. The lowest BCUT2D eigenvalue weighted by Crippen LogP contribution is -2.14. The normalized spacial score (nSPS) is 11.8. The second-order valence-corrected chi connectivity index (χ2v) is 7.10. The maximum absolute atomic E-state index is 11.5. The van der Waals surface area contributed by atoms with Gasteiger partial charge in [-0.2, -0.15) is 5.10 Å². The quantitative estimate of drug-likeness (QED) is 0.856. The first-order valence-corrected chi connectivity index (χ1v) is 8.67. The fraction of sp³-hybridized carbons (Fsp3) is 0.308. The molecule has 2 aromatic rings. The van der Waals surface area contributed by atoms with Crippen molar-refractivity contribution in [2.75, 3.05) is 5.75 Å². The Bertz CT molecular complexity index is 694. The van der Waals surface area contributed by atoms with Gasteiger partial charge in [0.1, 0.15) is 4.90 Å². The predicted octanol–water partition coefficient (Wildman–Crippen LogP) is 1.94. The van der Waals surface area contributed by atoms with Crippen LogP contribution in [0.3, 0.4) is 0 Å². The van der Waals surface area contributed by atoms with E-state index < -0.39 is 10.0 Å². The van der Waals surface area contributed by atoms with E-state index in [0.717, 1.165) is 5.75 Å². The van der Waals surface area contributed by atoms with E-state index in [4.69, 9.17) is 5.14 Å². The second kappa shape index (κ2) is 5.99. The molecule has 0 aliphatic carbocycles. The Morgan fingerprint density at radius 2 is 1.90 bits per heavy atom. The lowest BCUT2D eigenvalue weighted by molar-refractivity contribution is 0.595. The molecular weight excluding hydrogens is 294 g/mol. The lowest BCUT2D eigenvalue weighted by Gasteiger charge is -2.05. The summed E-state index contributed by atoms with van der Waals surface area (Å²) in [6, 6.07) is 10.0. The Kier molecular flexibility index (Phi) is 4.52. The molecule has 0 saturated heterocycles. The number of nitrogens with zero attached hydrogens (tertiary/aromatic N) is 2. The summed E-state index contributed by atoms with van der Waals surface area (Å²) in [5.41, 5.74) is 1.05. The molecule has 1 aromatic carbocycles. The maximum atomic E-state index is 11.5. The molecule has 7 heteroatoms. The van der Waals surface area contributed by atoms with Crippen LogP contribution in [-0.4, -0.2) is 24.0 Å². The third kappa shape index (κ3) is 3.41. The molecular formula is C13H17N3O2S2. The molecule has 0 unspecified atom stereocenters. The van der Waals surface area contributed by atoms with Gasteiger partial charge in [0, 0.05) is 10.6 Å². The van der Waals surface area contributed by atoms with E-state index >= 15 is 0 Å². The van der Waals surface area contributed by atoms with Crippen molar-refractivity contribution in [3.05, 3.63) is 41.7 Å². The Balaban J connectivity index is 2.08. The zero-order valence-corrected chi connectivity index (χ0v) is 13.0. The summed E-state index contributed by atoms with van der Waals surface area (Å²) in [5, 5.41) is 9.46. The molecule has 2 rings (SSSR count). The van der Waals surface area contributed by atoms with E-state index in [1.807, 2.05) is 30.3 Å². The summed E-state index contributed by atoms with van der Waals surface area (Å²) < 4.78 is 24.7. The Labute approximate surface area is 123 Å². The summed E-state index contributed by atoms with van der Waals surface area (Å²) in [5.74, 6) is 0.816. The Morgan fingerprint density at radius 1 is 1.25 bits per heavy atom. The van der Waals surface area contributed by atoms with Crippen molar-refractivity contribution in [1.29, 1.82) is 0 Å². The van der Waals surface area contributed by atoms with Crippen molar-refractivity contribution < 1.29 is 8.42 Å². The molecule has 0 fully saturated rings. The van der Waals surface area contributed by atoms with Crippen molar-refractivity contribution >= 4 is 21.8 Å². The predicted molar refractivity (Wildman–Crippen MR) is 80.2 cm³/mol. The summed E-state index contributed by atoms with van der Waals surface area (Å²) in [7, 11) is -3.71. The van der Waals surface area contributed by atoms with Crippen LogP contribution in [-0.2, 0) is 16.6 Å². The fourth-order valence-corrected chi connectivity index (χ4v) is 3.90. The number of hydrogen-bond donors (Lipinski definition) is 1. The highest BCUT2D eigenvalue weighted by Gasteiger charge is 2.20. The standard InChI is InChI=1S/C13H17N3O2S2/c1-10-13(20(14,17)18)11(2)16(15-10)8-9-19-12-6-4-3-5-7-12/h3-7H,8-9H2,1-2H3,(H2,14,17,18). The minimum atomic E-state index is -3.71. The number of aromatic nitrogens is 2. The number of hydrogen-bond acceptors (Lipinski definition) is 4. The van der Waals surface area contributed by atoms with Gasteiger partial charge in [-0.3, -0.25) is 4.68 Å². The summed E-state index contributed by atoms with van der Waals surface area (Å²) >= 11 is 1.71. The minimum absolute atomic E-state index is 0.141. The van der Waals surface area contributed by atoms with Crippen LogP contribution < -0.4 is 5.14 Å². The number of nitrogens with two attached hydrogens (primary N) is 1. The molecule has 1 heterocycles. The van der Waals surface area contributed by atoms with E-state index in [0.29, 0.717) is 17.9 Å². The average molecular weight is 311 g/mol. The summed E-state index contributed by atoms with van der Waals surface area (Å²) in [6.07, 6.45) is 0. The van der Waals surface area contributed by atoms with Crippen molar-refractivity contribution in [2.24, 2.45) is 5.14 Å². The van der Waals surface area contributed by atoms with Gasteiger partial charge in [-0.05, 0) is 26.0 Å². The van der Waals surface area contributed by atoms with Gasteiger partial charge in [-0.25, -0.2) is 13.6 Å². The Hall–Kier alpha value is -1.31. The number of aryl methyl sites for hydroxylation is 2. The molecule has 0 aliphatic heterocycles. The first-order chi connectivity index (χ1) is 9.39. The van der Waals surface area contributed by atoms with E-state index in [9.17, 15) is 8.42 Å². The van der Waals surface area contributed by atoms with Crippen LogP contribution in [0.1, 0.15) is 11.4 Å². The number of thioether (sulfide) groups is 1. The Morgan fingerprint density at radius 3 is 2.45 bits per heavy atom. The molecule has 0 aliphatic rings. The highest BCUT2D eigenvalue weighted by Crippen LogP contribution is 2.20. The van der Waals surface area contributed by atoms with Crippen LogP contribution in [0, 0.1) is 13.8 Å². The van der Waals surface area contributed by atoms with E-state index in [1.54, 1.807) is 30.3 Å². The minimum Gasteiger partial charge on any atom is -0.267 e. The van der Waals surface area contributed by atoms with Gasteiger partial charge in [-0.15, -0.1) is 11.8 Å². The molecule has 108 valence electrons. The van der Waals surface area contributed by atoms with E-state index in [-0.39, 0.29) is 4.90 Å². The molecule has 5 nitrogen and oxygen atoms in total. The number of primary sulfonamides is 1. The molecule has 0 bridgehead atoms. The van der Waals surface area contributed by atoms with Crippen LogP contribution >= 0.6 is 11.8 Å². The highest BCUT2D eigenvalue weighted by atomic mass is 32.2. The fourth-order valence-electron chi connectivity index (χ4n) is 2.08. The highest BCUT2D eigenvalue weighted by molar-refractivity contribution is 7.99. The molecule has 20 heavy (non-hydrogen) atoms. The average Bonchev–Trinajstić information content (AvgIpc) is 2.65. The molecule has 2 N–H and O–H groups in total. The number of benzene rings is 1. The van der Waals surface area contributed by atoms with Gasteiger partial charge in [0.25, 0.3) is 0 Å². The van der Waals surface area contributed by atoms with Crippen LogP contribution in [0.25, 0.3) is 0 Å². The molecule has 1 aromatic heterocycles. The first kappa shape index (κ1) is 15.1. The zero-order chi connectivity index (χ0) is 14.8. The summed E-state index contributed by atoms with van der Waals surface area (Å²) in [4.78, 5) is 1.32. The summed E-state index contributed by atoms with van der Waals surface area (Å²) in [6.45, 7) is 4.03. The maximum Gasteiger partial charge on any atom is 0.241 e. The largest absolute Gasteiger partial charge is 0.267 e. The smallest absolute Gasteiger partial charge is 0.241 e. The molecule has 0 amide bonds. The molecule has 0 saturated carbocycles. The first-order valence-electron chi connectivity index (χ1n) is 6.14. The van der Waals surface area contributed by atoms with Gasteiger partial charge in [0.2, 0.25) is 10.0 Å². The van der Waals surface area contributed by atoms with Gasteiger partial charge in [0.15, 0.2) is 0 Å². The molecule has 0 spiro atoms. The van der Waals surface area contributed by atoms with Gasteiger partial charge < -0.3 is 0 Å². The van der Waals surface area contributed by atoms with Gasteiger partial charge >= 0.3 is 0 Å². The lowest BCUT2D eigenvalue weighted by atomic mass is 10.4. The molecule has 0 atom stereocenters. The monoisotopic (exact) mass is 311 g/mol. The van der Waals surface area contributed by atoms with Crippen molar-refractivity contribution in [3.8, 4) is 0 Å². The van der Waals surface area contributed by atoms with Crippen LogP contribution in [0.2, 0.25) is 0 Å². The third-order valence-electron chi connectivity index (χ3n) is 2.91. The zero-order valence-electron chi connectivity index (χ0n) is 11.4. The second-order valence-electron chi connectivity index (χ2n) is 4.43. The van der Waals surface area contributed by atoms with E-state index in [1.165, 1.54) is 4.90 Å². The number of sulfonamides is 1. The van der Waals surface area contributed by atoms with Crippen molar-refractivity contribution in [3.63, 3.8) is 0 Å². The van der Waals surface area contributed by atoms with Gasteiger partial charge in [0.05, 0.1) is 17.9 Å². The SMILES string of the molecule is Cc1nn(CCSc2ccccc2)c(C)c1S(N)(=O)=O. The third-order valence-corrected chi connectivity index (χ3v) is 5.07. The van der Waals surface area contributed by atoms with E-state index in [2.05, 4.69) is 5.10 Å². The van der Waals surface area contributed by atoms with Crippen LogP contribution in [0.5, 0.6) is 0 Å². The topological polar surface area (TPSA) is 78.0 Å².